The molecule has 2 saturated heterocycles. The average molecular weight is 694 g/mol. The number of rotatable bonds is 9. The number of hydroxylamine groups is 2. The summed E-state index contributed by atoms with van der Waals surface area (Å²) in [7, 11) is -2.85. The molecule has 3 aliphatic heterocycles. The van der Waals surface area contributed by atoms with E-state index in [1.165, 1.54) is 7.11 Å². The van der Waals surface area contributed by atoms with Crippen LogP contribution in [0.25, 0.3) is 21.8 Å². The first-order chi connectivity index (χ1) is 23.4. The van der Waals surface area contributed by atoms with E-state index in [1.807, 2.05) is 0 Å². The number of hydrogen-bond donors (Lipinski definition) is 1. The minimum atomic E-state index is -4.34. The van der Waals surface area contributed by atoms with E-state index in [0.717, 1.165) is 5.06 Å². The van der Waals surface area contributed by atoms with Crippen molar-refractivity contribution in [1.82, 2.24) is 5.06 Å². The van der Waals surface area contributed by atoms with Crippen LogP contribution in [0.1, 0.15) is 46.3 Å². The van der Waals surface area contributed by atoms with Gasteiger partial charge >= 0.3 is 5.97 Å². The molecular weight excluding hydrogens is 660 g/mol. The van der Waals surface area contributed by atoms with Gasteiger partial charge in [0.1, 0.15) is 23.9 Å². The van der Waals surface area contributed by atoms with Gasteiger partial charge in [-0.25, -0.2) is 9.63 Å². The molecule has 3 aliphatic rings. The number of benzene rings is 3. The Labute approximate surface area is 280 Å². The number of aromatic nitrogens is 1. The summed E-state index contributed by atoms with van der Waals surface area (Å²) in [6, 6.07) is 11.8. The van der Waals surface area contributed by atoms with Crippen molar-refractivity contribution in [2.24, 2.45) is 0 Å². The highest BCUT2D eigenvalue weighted by molar-refractivity contribution is 7.85. The first-order valence-corrected chi connectivity index (χ1v) is 17.2. The monoisotopic (exact) mass is 693 g/mol. The van der Waals surface area contributed by atoms with Crippen molar-refractivity contribution in [3.8, 4) is 23.0 Å². The molecule has 1 aromatic heterocycles. The fraction of sp³-hybridized carbons (Fsp3) is 0.353. The molecule has 3 aromatic carbocycles. The van der Waals surface area contributed by atoms with E-state index >= 15 is 0 Å². The molecule has 1 unspecified atom stereocenters. The second-order valence-electron chi connectivity index (χ2n) is 12.1. The summed E-state index contributed by atoms with van der Waals surface area (Å²) >= 11 is 0. The molecule has 0 bridgehead atoms. The largest absolute Gasteiger partial charge is 0.497 e. The number of fused-ring (bicyclic) bond motifs is 3. The number of carbonyl (C=O) groups excluding carboxylic acids is 3. The number of ether oxygens (including phenoxy) is 5. The van der Waals surface area contributed by atoms with E-state index in [-0.39, 0.29) is 37.3 Å². The zero-order valence-corrected chi connectivity index (χ0v) is 27.8. The highest BCUT2D eigenvalue weighted by Gasteiger charge is 2.53. The Kier molecular flexibility index (Phi) is 8.17. The van der Waals surface area contributed by atoms with Gasteiger partial charge in [-0.3, -0.25) is 14.1 Å². The maximum absolute atomic E-state index is 14.4. The standard InChI is InChI=1S/C34H32N2O12S/c1-19-13-21(34(18-46-34)48-36-29(37)7-8-30(36)38)14-20(2)32(19)47-33(39)31-23-15-22(43-3)5-6-25(23)35(9-12-49(40,41)42)26-17-28-27(16-24(26)31)44-10-4-11-45-28/h5-6,13-17H,4,7-12,18H2,1-3H3/p+1. The second-order valence-corrected chi connectivity index (χ2v) is 13.7. The normalized spacial score (nSPS) is 19.0. The Bertz CT molecular complexity index is 2140. The first-order valence-electron chi connectivity index (χ1n) is 15.6. The first kappa shape index (κ1) is 32.7. The predicted octanol–water partition coefficient (Wildman–Crippen LogP) is 3.44. The molecule has 0 aliphatic carbocycles. The van der Waals surface area contributed by atoms with Gasteiger partial charge in [-0.05, 0) is 55.3 Å². The number of hydrogen-bond acceptors (Lipinski definition) is 11. The van der Waals surface area contributed by atoms with Crippen molar-refractivity contribution >= 4 is 49.7 Å². The number of imide groups is 1. The number of esters is 1. The number of amides is 2. The number of epoxide rings is 1. The van der Waals surface area contributed by atoms with Crippen LogP contribution in [0.4, 0.5) is 0 Å². The summed E-state index contributed by atoms with van der Waals surface area (Å²) < 4.78 is 64.1. The van der Waals surface area contributed by atoms with E-state index < -0.39 is 39.4 Å². The lowest BCUT2D eigenvalue weighted by molar-refractivity contribution is -0.640. The van der Waals surface area contributed by atoms with E-state index in [2.05, 4.69) is 0 Å². The molecule has 2 amide bonds. The lowest BCUT2D eigenvalue weighted by atomic mass is 10.00. The van der Waals surface area contributed by atoms with Gasteiger partial charge in [0.05, 0.1) is 42.7 Å². The van der Waals surface area contributed by atoms with E-state index in [1.54, 1.807) is 60.9 Å². The SMILES string of the molecule is COc1ccc2c(c1)c(C(=O)Oc1c(C)cc(C3(ON4C(=O)CCC4=O)CO3)cc1C)c1cc3c(cc1[n+]2CCS(=O)(=O)O)OCCCO3. The third kappa shape index (κ3) is 6.14. The molecule has 1 N–H and O–H groups in total. The Hall–Kier alpha value is -4.83. The lowest BCUT2D eigenvalue weighted by Gasteiger charge is -2.21. The van der Waals surface area contributed by atoms with Gasteiger partial charge in [0.25, 0.3) is 21.9 Å². The zero-order valence-electron chi connectivity index (χ0n) is 26.9. The van der Waals surface area contributed by atoms with E-state index in [0.29, 0.717) is 75.4 Å². The molecule has 0 saturated carbocycles. The number of pyridine rings is 1. The molecule has 0 spiro atoms. The second kappa shape index (κ2) is 12.2. The summed E-state index contributed by atoms with van der Waals surface area (Å²) in [5.74, 6) is -1.92. The van der Waals surface area contributed by atoms with Gasteiger partial charge in [-0.2, -0.15) is 13.0 Å². The van der Waals surface area contributed by atoms with Crippen LogP contribution in [0.15, 0.2) is 42.5 Å². The molecule has 49 heavy (non-hydrogen) atoms. The molecule has 0 radical (unpaired) electrons. The summed E-state index contributed by atoms with van der Waals surface area (Å²) in [6.45, 7) is 4.29. The fourth-order valence-electron chi connectivity index (χ4n) is 6.26. The van der Waals surface area contributed by atoms with Crippen molar-refractivity contribution in [2.75, 3.05) is 32.7 Å². The van der Waals surface area contributed by atoms with Gasteiger partial charge in [0.15, 0.2) is 18.0 Å². The van der Waals surface area contributed by atoms with Crippen LogP contribution in [0.5, 0.6) is 23.0 Å². The third-order valence-corrected chi connectivity index (χ3v) is 9.41. The molecule has 1 atom stereocenters. The zero-order chi connectivity index (χ0) is 34.7. The van der Waals surface area contributed by atoms with Crippen molar-refractivity contribution in [3.05, 3.63) is 64.7 Å². The molecule has 4 aromatic rings. The van der Waals surface area contributed by atoms with Crippen molar-refractivity contribution < 1.29 is 60.4 Å². The summed E-state index contributed by atoms with van der Waals surface area (Å²) in [5.41, 5.74) is 2.79. The van der Waals surface area contributed by atoms with Crippen LogP contribution in [0.2, 0.25) is 0 Å². The van der Waals surface area contributed by atoms with Crippen LogP contribution >= 0.6 is 0 Å². The van der Waals surface area contributed by atoms with Crippen LogP contribution in [0, 0.1) is 13.8 Å². The van der Waals surface area contributed by atoms with Crippen molar-refractivity contribution in [2.45, 2.75) is 45.4 Å². The van der Waals surface area contributed by atoms with Crippen LogP contribution in [-0.2, 0) is 41.6 Å². The van der Waals surface area contributed by atoms with Gasteiger partial charge in [0.2, 0.25) is 16.8 Å². The molecule has 15 heteroatoms. The van der Waals surface area contributed by atoms with Gasteiger partial charge in [-0.15, -0.1) is 5.06 Å². The fourth-order valence-corrected chi connectivity index (χ4v) is 6.67. The maximum atomic E-state index is 14.4. The highest BCUT2D eigenvalue weighted by Crippen LogP contribution is 2.44. The minimum Gasteiger partial charge on any atom is -0.497 e. The van der Waals surface area contributed by atoms with E-state index in [9.17, 15) is 27.4 Å². The van der Waals surface area contributed by atoms with Crippen LogP contribution in [0.3, 0.4) is 0 Å². The molecule has 7 rings (SSSR count). The maximum Gasteiger partial charge on any atom is 0.345 e. The van der Waals surface area contributed by atoms with Crippen molar-refractivity contribution in [3.63, 3.8) is 0 Å². The van der Waals surface area contributed by atoms with Gasteiger partial charge in [0, 0.05) is 30.9 Å². The molecule has 14 nitrogen and oxygen atoms in total. The number of nitrogens with zero attached hydrogens (tertiary/aromatic N) is 2. The highest BCUT2D eigenvalue weighted by atomic mass is 32.2. The minimum absolute atomic E-state index is 0.0685. The molecular formula is C34H33N2O12S+. The van der Waals surface area contributed by atoms with Crippen molar-refractivity contribution in [1.29, 1.82) is 0 Å². The summed E-state index contributed by atoms with van der Waals surface area (Å²) in [4.78, 5) is 44.5. The van der Waals surface area contributed by atoms with E-state index in [4.69, 9.17) is 28.5 Å². The number of carbonyl (C=O) groups is 3. The number of aryl methyl sites for hydroxylation is 3. The summed E-state index contributed by atoms with van der Waals surface area (Å²) in [5, 5.41) is 1.56. The Morgan fingerprint density at radius 2 is 1.59 bits per heavy atom. The van der Waals surface area contributed by atoms with Gasteiger partial charge in [-0.1, -0.05) is 0 Å². The summed E-state index contributed by atoms with van der Waals surface area (Å²) in [6.07, 6.45) is 0.774. The Morgan fingerprint density at radius 1 is 0.959 bits per heavy atom. The Balaban J connectivity index is 1.34. The van der Waals surface area contributed by atoms with Crippen LogP contribution < -0.4 is 23.5 Å². The Morgan fingerprint density at radius 3 is 2.20 bits per heavy atom. The predicted molar refractivity (Wildman–Crippen MR) is 171 cm³/mol. The average Bonchev–Trinajstić information content (AvgIpc) is 3.83. The lowest BCUT2D eigenvalue weighted by Crippen LogP contribution is -2.39. The topological polar surface area (TPSA) is 171 Å². The van der Waals surface area contributed by atoms with Gasteiger partial charge < -0.3 is 23.7 Å². The molecule has 2 fully saturated rings. The quantitative estimate of drug-likeness (QED) is 0.0516. The van der Waals surface area contributed by atoms with Crippen LogP contribution in [-0.4, -0.2) is 68.5 Å². The molecule has 256 valence electrons. The molecule has 4 heterocycles. The smallest absolute Gasteiger partial charge is 0.345 e. The number of methoxy groups -OCH3 is 1. The third-order valence-electron chi connectivity index (χ3n) is 8.71.